The summed E-state index contributed by atoms with van der Waals surface area (Å²) in [4.78, 5) is 26.5. The fraction of sp³-hybridized carbons (Fsp3) is 0.333. The van der Waals surface area contributed by atoms with Crippen LogP contribution in [0.4, 0.5) is 31.1 Å². The molecule has 2 amide bonds. The maximum Gasteiger partial charge on any atom is 0.534 e. The van der Waals surface area contributed by atoms with Gasteiger partial charge in [-0.2, -0.15) is 34.8 Å². The number of amides is 2. The molecule has 0 aromatic heterocycles. The van der Waals surface area contributed by atoms with Crippen LogP contribution in [-0.4, -0.2) is 43.5 Å². The number of ether oxygens (including phenoxy) is 1. The zero-order valence-electron chi connectivity index (χ0n) is 23.2. The molecule has 3 aromatic carbocycles. The van der Waals surface area contributed by atoms with Gasteiger partial charge in [0, 0.05) is 6.42 Å². The highest BCUT2D eigenvalue weighted by Crippen LogP contribution is 2.34. The largest absolute Gasteiger partial charge is 0.534 e. The first kappa shape index (κ1) is 32.8. The molecule has 1 aliphatic rings. The van der Waals surface area contributed by atoms with Crippen molar-refractivity contribution < 1.29 is 53.3 Å². The van der Waals surface area contributed by atoms with Gasteiger partial charge in [0.2, 0.25) is 5.91 Å². The summed E-state index contributed by atoms with van der Waals surface area (Å²) in [5.41, 5.74) is -5.12. The van der Waals surface area contributed by atoms with E-state index in [2.05, 4.69) is 4.18 Å². The van der Waals surface area contributed by atoms with Gasteiger partial charge in [0.15, 0.2) is 0 Å². The molecule has 2 unspecified atom stereocenters. The molecule has 44 heavy (non-hydrogen) atoms. The number of rotatable bonds is 10. The summed E-state index contributed by atoms with van der Waals surface area (Å²) >= 11 is 0. The standard InChI is InChI=1S/C30H27F6NO6S/c1-19(13-27(38)37-25(18-42-28(37)39)15-20-5-3-2-4-6-20)7-8-21-14-23(22-9-11-24(12-10-22)29(31,32)33)17-26(16-21)43-44(40,41)30(34,35)36/h2-6,9-12,14,16-17,19,25H,7-8,13,15,18H2,1H3. The van der Waals surface area contributed by atoms with E-state index in [1.807, 2.05) is 30.3 Å². The van der Waals surface area contributed by atoms with E-state index in [0.29, 0.717) is 18.4 Å². The minimum Gasteiger partial charge on any atom is -0.447 e. The Morgan fingerprint density at radius 3 is 2.23 bits per heavy atom. The lowest BCUT2D eigenvalue weighted by Gasteiger charge is -2.21. The molecule has 1 fully saturated rings. The number of carbonyl (C=O) groups is 2. The molecular formula is C30H27F6NO6S. The number of carbonyl (C=O) groups excluding carboxylic acids is 2. The molecular weight excluding hydrogens is 616 g/mol. The number of hydrogen-bond acceptors (Lipinski definition) is 6. The van der Waals surface area contributed by atoms with E-state index in [-0.39, 0.29) is 36.5 Å². The number of halogens is 6. The van der Waals surface area contributed by atoms with Gasteiger partial charge in [-0.05, 0) is 71.7 Å². The number of aryl methyl sites for hydroxylation is 1. The molecule has 0 N–H and O–H groups in total. The van der Waals surface area contributed by atoms with Gasteiger partial charge < -0.3 is 8.92 Å². The summed E-state index contributed by atoms with van der Waals surface area (Å²) in [6.45, 7) is 1.78. The highest BCUT2D eigenvalue weighted by Gasteiger charge is 2.48. The van der Waals surface area contributed by atoms with Crippen molar-refractivity contribution >= 4 is 22.1 Å². The van der Waals surface area contributed by atoms with Crippen LogP contribution in [0.2, 0.25) is 0 Å². The summed E-state index contributed by atoms with van der Waals surface area (Å²) in [5, 5.41) is 0. The quantitative estimate of drug-likeness (QED) is 0.133. The van der Waals surface area contributed by atoms with E-state index in [0.717, 1.165) is 46.9 Å². The predicted molar refractivity (Wildman–Crippen MR) is 147 cm³/mol. The number of nitrogens with zero attached hydrogens (tertiary/aromatic N) is 1. The zero-order valence-corrected chi connectivity index (χ0v) is 24.0. The number of hydrogen-bond donors (Lipinski definition) is 0. The van der Waals surface area contributed by atoms with Crippen LogP contribution in [0.25, 0.3) is 11.1 Å². The minimum absolute atomic E-state index is 0.0498. The van der Waals surface area contributed by atoms with Crippen LogP contribution >= 0.6 is 0 Å². The van der Waals surface area contributed by atoms with Crippen LogP contribution < -0.4 is 4.18 Å². The average molecular weight is 644 g/mol. The Morgan fingerprint density at radius 2 is 1.61 bits per heavy atom. The van der Waals surface area contributed by atoms with Crippen molar-refractivity contribution in [2.24, 2.45) is 5.92 Å². The summed E-state index contributed by atoms with van der Waals surface area (Å²) in [5.74, 6) is -1.46. The second kappa shape index (κ2) is 12.9. The first-order valence-corrected chi connectivity index (χ1v) is 14.8. The van der Waals surface area contributed by atoms with E-state index in [4.69, 9.17) is 4.74 Å². The molecule has 4 rings (SSSR count). The highest BCUT2D eigenvalue weighted by molar-refractivity contribution is 7.88. The number of alkyl halides is 6. The van der Waals surface area contributed by atoms with Crippen molar-refractivity contribution in [3.63, 3.8) is 0 Å². The van der Waals surface area contributed by atoms with E-state index in [1.54, 1.807) is 6.92 Å². The van der Waals surface area contributed by atoms with Gasteiger partial charge in [0.05, 0.1) is 11.6 Å². The third kappa shape index (κ3) is 8.10. The Balaban J connectivity index is 1.50. The topological polar surface area (TPSA) is 90.0 Å². The molecule has 0 bridgehead atoms. The van der Waals surface area contributed by atoms with Crippen molar-refractivity contribution in [1.29, 1.82) is 0 Å². The summed E-state index contributed by atoms with van der Waals surface area (Å²) in [6, 6.07) is 16.1. The van der Waals surface area contributed by atoms with Crippen molar-refractivity contribution in [2.45, 2.75) is 50.3 Å². The molecule has 2 atom stereocenters. The van der Waals surface area contributed by atoms with Gasteiger partial charge in [0.25, 0.3) is 0 Å². The maximum atomic E-state index is 13.1. The average Bonchev–Trinajstić information content (AvgIpc) is 3.30. The summed E-state index contributed by atoms with van der Waals surface area (Å²) in [6.07, 6.45) is -4.57. The maximum absolute atomic E-state index is 13.1. The van der Waals surface area contributed by atoms with Gasteiger partial charge in [-0.1, -0.05) is 55.5 Å². The molecule has 14 heteroatoms. The number of imide groups is 1. The molecule has 1 aliphatic heterocycles. The Bertz CT molecular complexity index is 1590. The highest BCUT2D eigenvalue weighted by atomic mass is 32.2. The molecule has 1 saturated heterocycles. The van der Waals surface area contributed by atoms with Crippen LogP contribution in [0.1, 0.15) is 36.5 Å². The molecule has 236 valence electrons. The van der Waals surface area contributed by atoms with Crippen molar-refractivity contribution in [3.8, 4) is 16.9 Å². The lowest BCUT2D eigenvalue weighted by Crippen LogP contribution is -2.40. The van der Waals surface area contributed by atoms with Crippen molar-refractivity contribution in [1.82, 2.24) is 4.90 Å². The van der Waals surface area contributed by atoms with E-state index >= 15 is 0 Å². The van der Waals surface area contributed by atoms with Crippen LogP contribution in [0, 0.1) is 5.92 Å². The SMILES string of the molecule is CC(CCc1cc(OS(=O)(=O)C(F)(F)F)cc(-c2ccc(C(F)(F)F)cc2)c1)CC(=O)N1C(=O)OCC1Cc1ccccc1. The van der Waals surface area contributed by atoms with Crippen LogP contribution in [0.15, 0.2) is 72.8 Å². The third-order valence-corrected chi connectivity index (χ3v) is 7.97. The van der Waals surface area contributed by atoms with Gasteiger partial charge >= 0.3 is 27.9 Å². The number of benzene rings is 3. The molecule has 3 aromatic rings. The predicted octanol–water partition coefficient (Wildman–Crippen LogP) is 7.15. The van der Waals surface area contributed by atoms with E-state index in [9.17, 15) is 44.3 Å². The molecule has 0 radical (unpaired) electrons. The second-order valence-electron chi connectivity index (χ2n) is 10.5. The fourth-order valence-corrected chi connectivity index (χ4v) is 5.20. The van der Waals surface area contributed by atoms with Gasteiger partial charge in [0.1, 0.15) is 12.4 Å². The van der Waals surface area contributed by atoms with Crippen LogP contribution in [0.3, 0.4) is 0 Å². The van der Waals surface area contributed by atoms with E-state index in [1.165, 1.54) is 6.07 Å². The Kier molecular flexibility index (Phi) is 9.62. The van der Waals surface area contributed by atoms with Gasteiger partial charge in [-0.25, -0.2) is 9.69 Å². The second-order valence-corrected chi connectivity index (χ2v) is 12.0. The fourth-order valence-electron chi connectivity index (χ4n) is 4.76. The van der Waals surface area contributed by atoms with Gasteiger partial charge in [-0.15, -0.1) is 0 Å². The Labute approximate surface area is 249 Å². The van der Waals surface area contributed by atoms with E-state index < -0.39 is 51.2 Å². The summed E-state index contributed by atoms with van der Waals surface area (Å²) < 4.78 is 111. The Hall–Kier alpha value is -4.07. The molecule has 0 spiro atoms. The summed E-state index contributed by atoms with van der Waals surface area (Å²) in [7, 11) is -6.03. The third-order valence-electron chi connectivity index (χ3n) is 6.99. The molecule has 0 aliphatic carbocycles. The molecule has 0 saturated carbocycles. The lowest BCUT2D eigenvalue weighted by atomic mass is 9.94. The first-order chi connectivity index (χ1) is 20.5. The first-order valence-electron chi connectivity index (χ1n) is 13.4. The molecule has 1 heterocycles. The van der Waals surface area contributed by atoms with Crippen LogP contribution in [0.5, 0.6) is 5.75 Å². The van der Waals surface area contributed by atoms with Gasteiger partial charge in [-0.3, -0.25) is 4.79 Å². The van der Waals surface area contributed by atoms with Crippen molar-refractivity contribution in [3.05, 3.63) is 89.5 Å². The normalized spacial score (nSPS) is 16.5. The smallest absolute Gasteiger partial charge is 0.447 e. The number of cyclic esters (lactones) is 1. The monoisotopic (exact) mass is 643 g/mol. The molecule has 7 nitrogen and oxygen atoms in total. The van der Waals surface area contributed by atoms with Crippen molar-refractivity contribution in [2.75, 3.05) is 6.61 Å². The lowest BCUT2D eigenvalue weighted by molar-refractivity contribution is -0.137. The zero-order chi connectivity index (χ0) is 32.3. The minimum atomic E-state index is -6.03. The Morgan fingerprint density at radius 1 is 0.955 bits per heavy atom. The van der Waals surface area contributed by atoms with Crippen LogP contribution in [-0.2, 0) is 38.7 Å².